The maximum Gasteiger partial charge on any atom is 0.166 e. The van der Waals surface area contributed by atoms with E-state index in [9.17, 15) is 4.79 Å². The lowest BCUT2D eigenvalue weighted by Crippen LogP contribution is -2.19. The van der Waals surface area contributed by atoms with Gasteiger partial charge in [-0.2, -0.15) is 0 Å². The Morgan fingerprint density at radius 3 is 2.74 bits per heavy atom. The average Bonchev–Trinajstić information content (AvgIpc) is 2.37. The Morgan fingerprint density at radius 2 is 2.16 bits per heavy atom. The SMILES string of the molecule is CCCC(CC(=S)OCC)C(=O)c1cccc(Cl)c1. The Morgan fingerprint density at radius 1 is 1.42 bits per heavy atom. The molecular weight excluding hydrogens is 280 g/mol. The van der Waals surface area contributed by atoms with E-state index in [1.54, 1.807) is 24.3 Å². The summed E-state index contributed by atoms with van der Waals surface area (Å²) in [5, 5.41) is 1.09. The first-order valence-electron chi connectivity index (χ1n) is 6.53. The van der Waals surface area contributed by atoms with Crippen LogP contribution in [0.4, 0.5) is 0 Å². The van der Waals surface area contributed by atoms with Crippen molar-refractivity contribution < 1.29 is 9.53 Å². The van der Waals surface area contributed by atoms with E-state index in [1.165, 1.54) is 0 Å². The number of Topliss-reactive ketones (excluding diaryl/α,β-unsaturated/α-hetero) is 1. The van der Waals surface area contributed by atoms with Gasteiger partial charge in [-0.25, -0.2) is 0 Å². The fraction of sp³-hybridized carbons (Fsp3) is 0.467. The Bertz CT molecular complexity index is 446. The van der Waals surface area contributed by atoms with Crippen LogP contribution in [0.3, 0.4) is 0 Å². The van der Waals surface area contributed by atoms with Crippen LogP contribution in [0.1, 0.15) is 43.5 Å². The molecule has 2 nitrogen and oxygen atoms in total. The van der Waals surface area contributed by atoms with Crippen molar-refractivity contribution in [2.24, 2.45) is 5.92 Å². The van der Waals surface area contributed by atoms with Crippen LogP contribution in [0.2, 0.25) is 5.02 Å². The third kappa shape index (κ3) is 5.29. The van der Waals surface area contributed by atoms with Crippen LogP contribution in [0.5, 0.6) is 0 Å². The third-order valence-electron chi connectivity index (χ3n) is 2.84. The maximum absolute atomic E-state index is 12.5. The molecule has 104 valence electrons. The van der Waals surface area contributed by atoms with Crippen molar-refractivity contribution in [2.75, 3.05) is 6.61 Å². The minimum absolute atomic E-state index is 0.0893. The van der Waals surface area contributed by atoms with Gasteiger partial charge in [0.2, 0.25) is 0 Å². The summed E-state index contributed by atoms with van der Waals surface area (Å²) in [5.41, 5.74) is 0.644. The molecule has 0 aliphatic heterocycles. The van der Waals surface area contributed by atoms with Gasteiger partial charge < -0.3 is 4.74 Å². The van der Waals surface area contributed by atoms with E-state index in [-0.39, 0.29) is 11.7 Å². The van der Waals surface area contributed by atoms with Crippen LogP contribution >= 0.6 is 23.8 Å². The number of benzene rings is 1. The monoisotopic (exact) mass is 298 g/mol. The summed E-state index contributed by atoms with van der Waals surface area (Å²) in [6.45, 7) is 4.49. The van der Waals surface area contributed by atoms with Crippen LogP contribution in [-0.4, -0.2) is 17.4 Å². The fourth-order valence-corrected chi connectivity index (χ4v) is 2.48. The number of rotatable bonds is 7. The molecule has 4 heteroatoms. The average molecular weight is 299 g/mol. The van der Waals surface area contributed by atoms with E-state index in [0.29, 0.717) is 28.7 Å². The van der Waals surface area contributed by atoms with Crippen molar-refractivity contribution in [1.82, 2.24) is 0 Å². The second-order valence-corrected chi connectivity index (χ2v) is 5.26. The maximum atomic E-state index is 12.5. The number of ether oxygens (including phenoxy) is 1. The van der Waals surface area contributed by atoms with E-state index < -0.39 is 0 Å². The molecule has 0 saturated heterocycles. The van der Waals surface area contributed by atoms with Gasteiger partial charge in [0, 0.05) is 22.9 Å². The summed E-state index contributed by atoms with van der Waals surface area (Å²) in [4.78, 5) is 12.5. The van der Waals surface area contributed by atoms with E-state index in [0.717, 1.165) is 12.8 Å². The van der Waals surface area contributed by atoms with E-state index in [1.807, 2.05) is 6.92 Å². The third-order valence-corrected chi connectivity index (χ3v) is 3.36. The molecule has 0 radical (unpaired) electrons. The number of carbonyl (C=O) groups is 1. The van der Waals surface area contributed by atoms with Gasteiger partial charge in [0.15, 0.2) is 10.8 Å². The lowest BCUT2D eigenvalue weighted by atomic mass is 9.91. The number of hydrogen-bond acceptors (Lipinski definition) is 3. The zero-order valence-corrected chi connectivity index (χ0v) is 12.9. The van der Waals surface area contributed by atoms with E-state index in [4.69, 9.17) is 28.6 Å². The first-order valence-corrected chi connectivity index (χ1v) is 7.32. The number of carbonyl (C=O) groups excluding carboxylic acids is 1. The molecule has 0 aliphatic carbocycles. The zero-order chi connectivity index (χ0) is 14.3. The topological polar surface area (TPSA) is 26.3 Å². The summed E-state index contributed by atoms with van der Waals surface area (Å²) in [5.74, 6) is -0.0334. The normalized spacial score (nSPS) is 11.9. The number of halogens is 1. The smallest absolute Gasteiger partial charge is 0.166 e. The van der Waals surface area contributed by atoms with Crippen LogP contribution in [0, 0.1) is 5.92 Å². The van der Waals surface area contributed by atoms with Gasteiger partial charge in [-0.05, 0) is 37.7 Å². The Labute approximate surface area is 125 Å². The standard InChI is InChI=1S/C15H19ClO2S/c1-3-6-11(10-14(19)18-4-2)15(17)12-7-5-8-13(16)9-12/h5,7-9,11H,3-4,6,10H2,1-2H3. The van der Waals surface area contributed by atoms with Crippen molar-refractivity contribution in [3.8, 4) is 0 Å². The Balaban J connectivity index is 2.80. The predicted octanol–water partition coefficient (Wildman–Crippen LogP) is 4.69. The largest absolute Gasteiger partial charge is 0.487 e. The first kappa shape index (κ1) is 16.1. The van der Waals surface area contributed by atoms with Gasteiger partial charge in [0.05, 0.1) is 6.61 Å². The molecule has 1 rings (SSSR count). The second-order valence-electron chi connectivity index (χ2n) is 4.37. The first-order chi connectivity index (χ1) is 9.08. The molecule has 1 aromatic rings. The zero-order valence-electron chi connectivity index (χ0n) is 11.3. The van der Waals surface area contributed by atoms with Crippen molar-refractivity contribution >= 4 is 34.7 Å². The summed E-state index contributed by atoms with van der Waals surface area (Å²) in [7, 11) is 0. The molecule has 1 unspecified atom stereocenters. The fourth-order valence-electron chi connectivity index (χ4n) is 1.97. The minimum Gasteiger partial charge on any atom is -0.487 e. The van der Waals surface area contributed by atoms with Crippen molar-refractivity contribution in [3.05, 3.63) is 34.9 Å². The predicted molar refractivity (Wildman–Crippen MR) is 83.0 cm³/mol. The molecule has 0 bridgehead atoms. The van der Waals surface area contributed by atoms with Crippen molar-refractivity contribution in [2.45, 2.75) is 33.1 Å². The van der Waals surface area contributed by atoms with Crippen LogP contribution < -0.4 is 0 Å². The quantitative estimate of drug-likeness (QED) is 0.539. The molecule has 0 heterocycles. The summed E-state index contributed by atoms with van der Waals surface area (Å²) >= 11 is 11.1. The van der Waals surface area contributed by atoms with Gasteiger partial charge >= 0.3 is 0 Å². The lowest BCUT2D eigenvalue weighted by molar-refractivity contribution is 0.0912. The minimum atomic E-state index is -0.123. The summed E-state index contributed by atoms with van der Waals surface area (Å²) < 4.78 is 5.28. The van der Waals surface area contributed by atoms with Gasteiger partial charge in [-0.1, -0.05) is 37.1 Å². The Hall–Kier alpha value is -0.930. The van der Waals surface area contributed by atoms with Crippen LogP contribution in [-0.2, 0) is 4.74 Å². The molecule has 0 aromatic heterocycles. The highest BCUT2D eigenvalue weighted by Crippen LogP contribution is 2.21. The van der Waals surface area contributed by atoms with Crippen molar-refractivity contribution in [1.29, 1.82) is 0 Å². The number of hydrogen-bond donors (Lipinski definition) is 0. The van der Waals surface area contributed by atoms with Crippen LogP contribution in [0.15, 0.2) is 24.3 Å². The highest BCUT2D eigenvalue weighted by Gasteiger charge is 2.21. The lowest BCUT2D eigenvalue weighted by Gasteiger charge is -2.16. The van der Waals surface area contributed by atoms with Gasteiger partial charge in [0.1, 0.15) is 0 Å². The highest BCUT2D eigenvalue weighted by atomic mass is 35.5. The van der Waals surface area contributed by atoms with Gasteiger partial charge in [0.25, 0.3) is 0 Å². The number of thiocarbonyl (C=S) groups is 1. The van der Waals surface area contributed by atoms with Crippen molar-refractivity contribution in [3.63, 3.8) is 0 Å². The summed E-state index contributed by atoms with van der Waals surface area (Å²) in [6, 6.07) is 7.05. The Kier molecular flexibility index (Phi) is 7.03. The molecule has 1 atom stereocenters. The second kappa shape index (κ2) is 8.28. The molecule has 0 spiro atoms. The van der Waals surface area contributed by atoms with E-state index >= 15 is 0 Å². The van der Waals surface area contributed by atoms with E-state index in [2.05, 4.69) is 6.92 Å². The molecule has 19 heavy (non-hydrogen) atoms. The molecule has 1 aromatic carbocycles. The van der Waals surface area contributed by atoms with Crippen LogP contribution in [0.25, 0.3) is 0 Å². The molecule has 0 aliphatic rings. The summed E-state index contributed by atoms with van der Waals surface area (Å²) in [6.07, 6.45) is 2.24. The molecular formula is C15H19ClO2S. The van der Waals surface area contributed by atoms with Gasteiger partial charge in [-0.3, -0.25) is 4.79 Å². The highest BCUT2D eigenvalue weighted by molar-refractivity contribution is 7.80. The molecule has 0 N–H and O–H groups in total. The number of ketones is 1. The molecule has 0 amide bonds. The van der Waals surface area contributed by atoms with Gasteiger partial charge in [-0.15, -0.1) is 0 Å². The molecule has 0 saturated carbocycles. The molecule has 0 fully saturated rings.